The first-order chi connectivity index (χ1) is 13.5. The number of piperazine rings is 1. The van der Waals surface area contributed by atoms with Crippen molar-refractivity contribution in [3.8, 4) is 0 Å². The van der Waals surface area contributed by atoms with E-state index in [1.807, 2.05) is 43.0 Å². The Hall–Kier alpha value is -2.82. The number of amides is 2. The molecule has 1 atom stereocenters. The van der Waals surface area contributed by atoms with Gasteiger partial charge in [0.15, 0.2) is 0 Å². The van der Waals surface area contributed by atoms with Gasteiger partial charge in [-0.15, -0.1) is 0 Å². The van der Waals surface area contributed by atoms with E-state index in [-0.39, 0.29) is 17.7 Å². The molecular formula is C23H29N3O2. The maximum absolute atomic E-state index is 12.9. The van der Waals surface area contributed by atoms with Gasteiger partial charge in [-0.3, -0.25) is 9.59 Å². The highest BCUT2D eigenvalue weighted by atomic mass is 16.2. The van der Waals surface area contributed by atoms with E-state index in [9.17, 15) is 9.59 Å². The van der Waals surface area contributed by atoms with Gasteiger partial charge in [0.25, 0.3) is 5.91 Å². The molecule has 2 aromatic carbocycles. The average molecular weight is 380 g/mol. The number of carbonyl (C=O) groups is 2. The lowest BCUT2D eigenvalue weighted by Gasteiger charge is -2.36. The van der Waals surface area contributed by atoms with Crippen LogP contribution in [0.5, 0.6) is 0 Å². The summed E-state index contributed by atoms with van der Waals surface area (Å²) in [6.45, 7) is 9.03. The zero-order chi connectivity index (χ0) is 20.1. The Morgan fingerprint density at radius 1 is 1.04 bits per heavy atom. The Bertz CT molecular complexity index is 841. The quantitative estimate of drug-likeness (QED) is 0.856. The van der Waals surface area contributed by atoms with Crippen molar-refractivity contribution in [3.05, 3.63) is 59.7 Å². The van der Waals surface area contributed by atoms with Crippen LogP contribution < -0.4 is 10.2 Å². The van der Waals surface area contributed by atoms with Gasteiger partial charge < -0.3 is 15.1 Å². The average Bonchev–Trinajstić information content (AvgIpc) is 2.73. The van der Waals surface area contributed by atoms with Gasteiger partial charge in [-0.05, 0) is 43.2 Å². The highest BCUT2D eigenvalue weighted by molar-refractivity contribution is 5.97. The number of anilines is 2. The van der Waals surface area contributed by atoms with E-state index in [0.717, 1.165) is 19.5 Å². The number of aryl methyl sites for hydroxylation is 1. The standard InChI is InChI=1S/C23H29N3O2/c1-4-17(2)22(27)24-20-10-7-9-19(16-20)23(28)26-14-12-25(13-15-26)21-11-6-5-8-18(21)3/h5-11,16-17H,4,12-15H2,1-3H3,(H,24,27). The van der Waals surface area contributed by atoms with Gasteiger partial charge in [-0.2, -0.15) is 0 Å². The minimum Gasteiger partial charge on any atom is -0.368 e. The van der Waals surface area contributed by atoms with E-state index in [2.05, 4.69) is 35.3 Å². The molecule has 5 nitrogen and oxygen atoms in total. The minimum atomic E-state index is -0.0473. The minimum absolute atomic E-state index is 0.0149. The van der Waals surface area contributed by atoms with Crippen molar-refractivity contribution in [1.29, 1.82) is 0 Å². The van der Waals surface area contributed by atoms with Crippen molar-refractivity contribution in [1.82, 2.24) is 4.90 Å². The first-order valence-electron chi connectivity index (χ1n) is 10.0. The molecule has 1 unspecified atom stereocenters. The summed E-state index contributed by atoms with van der Waals surface area (Å²) in [6, 6.07) is 15.6. The monoisotopic (exact) mass is 379 g/mol. The second-order valence-electron chi connectivity index (χ2n) is 7.45. The molecule has 1 fully saturated rings. The molecule has 5 heteroatoms. The molecule has 0 saturated carbocycles. The fourth-order valence-corrected chi connectivity index (χ4v) is 3.43. The molecule has 1 heterocycles. The smallest absolute Gasteiger partial charge is 0.254 e. The van der Waals surface area contributed by atoms with Gasteiger partial charge in [0.1, 0.15) is 0 Å². The summed E-state index contributed by atoms with van der Waals surface area (Å²) in [6.07, 6.45) is 0.787. The van der Waals surface area contributed by atoms with Crippen LogP contribution in [0.1, 0.15) is 36.2 Å². The normalized spacial score (nSPS) is 15.2. The Labute approximate surface area is 167 Å². The zero-order valence-corrected chi connectivity index (χ0v) is 16.9. The fraction of sp³-hybridized carbons (Fsp3) is 0.391. The summed E-state index contributed by atoms with van der Waals surface area (Å²) in [5.74, 6) is -0.0445. The molecule has 1 aliphatic rings. The van der Waals surface area contributed by atoms with Crippen LogP contribution in [0.3, 0.4) is 0 Å². The molecule has 148 valence electrons. The predicted molar refractivity (Wildman–Crippen MR) is 114 cm³/mol. The van der Waals surface area contributed by atoms with Gasteiger partial charge in [-0.25, -0.2) is 0 Å². The number of nitrogens with zero attached hydrogens (tertiary/aromatic N) is 2. The summed E-state index contributed by atoms with van der Waals surface area (Å²) in [5.41, 5.74) is 3.79. The van der Waals surface area contributed by atoms with E-state index in [1.54, 1.807) is 6.07 Å². The molecule has 28 heavy (non-hydrogen) atoms. The van der Waals surface area contributed by atoms with Crippen LogP contribution in [0.15, 0.2) is 48.5 Å². The molecule has 0 spiro atoms. The summed E-state index contributed by atoms with van der Waals surface area (Å²) in [4.78, 5) is 29.3. The summed E-state index contributed by atoms with van der Waals surface area (Å²) >= 11 is 0. The fourth-order valence-electron chi connectivity index (χ4n) is 3.43. The molecule has 2 amide bonds. The number of para-hydroxylation sites is 1. The van der Waals surface area contributed by atoms with Crippen LogP contribution in [0.25, 0.3) is 0 Å². The van der Waals surface area contributed by atoms with Crippen molar-refractivity contribution in [2.75, 3.05) is 36.4 Å². The molecule has 1 N–H and O–H groups in total. The topological polar surface area (TPSA) is 52.7 Å². The highest BCUT2D eigenvalue weighted by Gasteiger charge is 2.23. The SMILES string of the molecule is CCC(C)C(=O)Nc1cccc(C(=O)N2CCN(c3ccccc3C)CC2)c1. The van der Waals surface area contributed by atoms with Gasteiger partial charge in [0.05, 0.1) is 0 Å². The number of hydrogen-bond acceptors (Lipinski definition) is 3. The van der Waals surface area contributed by atoms with E-state index in [4.69, 9.17) is 0 Å². The largest absolute Gasteiger partial charge is 0.368 e. The van der Waals surface area contributed by atoms with Gasteiger partial charge >= 0.3 is 0 Å². The molecule has 2 aromatic rings. The van der Waals surface area contributed by atoms with Crippen molar-refractivity contribution in [3.63, 3.8) is 0 Å². The highest BCUT2D eigenvalue weighted by Crippen LogP contribution is 2.22. The van der Waals surface area contributed by atoms with Crippen LogP contribution in [-0.2, 0) is 4.79 Å². The van der Waals surface area contributed by atoms with Crippen LogP contribution in [0.4, 0.5) is 11.4 Å². The Balaban J connectivity index is 1.63. The molecule has 1 aliphatic heterocycles. The summed E-state index contributed by atoms with van der Waals surface area (Å²) in [7, 11) is 0. The Morgan fingerprint density at radius 3 is 2.43 bits per heavy atom. The molecule has 3 rings (SSSR count). The Kier molecular flexibility index (Phi) is 6.34. The Morgan fingerprint density at radius 2 is 1.75 bits per heavy atom. The second-order valence-corrected chi connectivity index (χ2v) is 7.45. The van der Waals surface area contributed by atoms with E-state index >= 15 is 0 Å². The van der Waals surface area contributed by atoms with Crippen molar-refractivity contribution in [2.24, 2.45) is 5.92 Å². The number of nitrogens with one attached hydrogen (secondary N) is 1. The third kappa shape index (κ3) is 4.53. The van der Waals surface area contributed by atoms with Crippen LogP contribution in [0, 0.1) is 12.8 Å². The number of rotatable bonds is 5. The summed E-state index contributed by atoms with van der Waals surface area (Å²) < 4.78 is 0. The van der Waals surface area contributed by atoms with Gasteiger partial charge in [0, 0.05) is 49.0 Å². The number of benzene rings is 2. The molecule has 0 aliphatic carbocycles. The lowest BCUT2D eigenvalue weighted by atomic mass is 10.1. The molecule has 1 saturated heterocycles. The number of hydrogen-bond donors (Lipinski definition) is 1. The van der Waals surface area contributed by atoms with E-state index in [0.29, 0.717) is 24.3 Å². The maximum atomic E-state index is 12.9. The maximum Gasteiger partial charge on any atom is 0.254 e. The second kappa shape index (κ2) is 8.91. The van der Waals surface area contributed by atoms with Crippen LogP contribution >= 0.6 is 0 Å². The van der Waals surface area contributed by atoms with E-state index < -0.39 is 0 Å². The van der Waals surface area contributed by atoms with E-state index in [1.165, 1.54) is 11.3 Å². The molecule has 0 bridgehead atoms. The predicted octanol–water partition coefficient (Wildman–Crippen LogP) is 3.94. The van der Waals surface area contributed by atoms with Crippen LogP contribution in [-0.4, -0.2) is 42.9 Å². The van der Waals surface area contributed by atoms with Gasteiger partial charge in [0.2, 0.25) is 5.91 Å². The van der Waals surface area contributed by atoms with Crippen molar-refractivity contribution in [2.45, 2.75) is 27.2 Å². The third-order valence-electron chi connectivity index (χ3n) is 5.46. The van der Waals surface area contributed by atoms with Crippen molar-refractivity contribution < 1.29 is 9.59 Å². The third-order valence-corrected chi connectivity index (χ3v) is 5.46. The number of carbonyl (C=O) groups excluding carboxylic acids is 2. The molecule has 0 radical (unpaired) electrons. The van der Waals surface area contributed by atoms with Gasteiger partial charge in [-0.1, -0.05) is 38.1 Å². The zero-order valence-electron chi connectivity index (χ0n) is 16.9. The lowest BCUT2D eigenvalue weighted by molar-refractivity contribution is -0.119. The first kappa shape index (κ1) is 19.9. The lowest BCUT2D eigenvalue weighted by Crippen LogP contribution is -2.49. The first-order valence-corrected chi connectivity index (χ1v) is 10.0. The van der Waals surface area contributed by atoms with Crippen molar-refractivity contribution >= 4 is 23.2 Å². The summed E-state index contributed by atoms with van der Waals surface area (Å²) in [5, 5.41) is 2.91. The molecular weight excluding hydrogens is 350 g/mol. The molecule has 0 aromatic heterocycles. The van der Waals surface area contributed by atoms with Crippen LogP contribution in [0.2, 0.25) is 0 Å².